The molecule has 2 N–H and O–H groups in total. The zero-order valence-electron chi connectivity index (χ0n) is 8.99. The number of rotatable bonds is 6. The van der Waals surface area contributed by atoms with Gasteiger partial charge in [-0.3, -0.25) is 0 Å². The summed E-state index contributed by atoms with van der Waals surface area (Å²) in [6, 6.07) is 0. The Morgan fingerprint density at radius 2 is 2.21 bits per heavy atom. The van der Waals surface area contributed by atoms with Crippen LogP contribution in [-0.4, -0.2) is 16.7 Å². The van der Waals surface area contributed by atoms with Crippen LogP contribution in [0.3, 0.4) is 0 Å². The molecule has 0 aliphatic heterocycles. The minimum absolute atomic E-state index is 0.525. The van der Waals surface area contributed by atoms with Crippen molar-refractivity contribution in [3.63, 3.8) is 0 Å². The van der Waals surface area contributed by atoms with Crippen LogP contribution in [0.2, 0.25) is 0 Å². The van der Waals surface area contributed by atoms with Crippen molar-refractivity contribution >= 4 is 0 Å². The Labute approximate surface area is 84.9 Å². The maximum atomic E-state index is 5.52. The fourth-order valence-corrected chi connectivity index (χ4v) is 1.20. The smallest absolute Gasteiger partial charge is 0.226 e. The molecule has 0 saturated carbocycles. The Kier molecular flexibility index (Phi) is 4.59. The van der Waals surface area contributed by atoms with Crippen LogP contribution in [0, 0.1) is 5.92 Å². The monoisotopic (exact) mass is 197 g/mol. The van der Waals surface area contributed by atoms with E-state index in [0.29, 0.717) is 5.92 Å². The summed E-state index contributed by atoms with van der Waals surface area (Å²) in [5.41, 5.74) is 5.52. The second kappa shape index (κ2) is 5.75. The lowest BCUT2D eigenvalue weighted by molar-refractivity contribution is 0.361. The van der Waals surface area contributed by atoms with Crippen LogP contribution >= 0.6 is 0 Å². The van der Waals surface area contributed by atoms with Crippen molar-refractivity contribution in [3.8, 4) is 0 Å². The molecular formula is C10H19N3O. The van der Waals surface area contributed by atoms with Crippen LogP contribution in [0.25, 0.3) is 0 Å². The number of nitrogens with two attached hydrogens (primary N) is 1. The maximum Gasteiger partial charge on any atom is 0.226 e. The number of hydrogen-bond acceptors (Lipinski definition) is 4. The number of aryl methyl sites for hydroxylation is 2. The minimum atomic E-state index is 0.525. The first-order valence-electron chi connectivity index (χ1n) is 5.27. The van der Waals surface area contributed by atoms with Crippen LogP contribution in [0.4, 0.5) is 0 Å². The van der Waals surface area contributed by atoms with Gasteiger partial charge in [0, 0.05) is 12.8 Å². The van der Waals surface area contributed by atoms with Crippen molar-refractivity contribution in [1.29, 1.82) is 0 Å². The molecule has 4 nitrogen and oxygen atoms in total. The van der Waals surface area contributed by atoms with E-state index in [4.69, 9.17) is 10.3 Å². The largest absolute Gasteiger partial charge is 0.339 e. The minimum Gasteiger partial charge on any atom is -0.339 e. The Bertz CT molecular complexity index is 260. The van der Waals surface area contributed by atoms with Crippen molar-refractivity contribution in [2.45, 2.75) is 39.5 Å². The van der Waals surface area contributed by atoms with Gasteiger partial charge in [-0.1, -0.05) is 19.0 Å². The SMILES string of the molecule is CCCc1noc(CCC(C)CN)n1. The molecule has 0 bridgehead atoms. The van der Waals surface area contributed by atoms with Gasteiger partial charge in [-0.15, -0.1) is 0 Å². The quantitative estimate of drug-likeness (QED) is 0.751. The molecule has 0 spiro atoms. The van der Waals surface area contributed by atoms with Crippen molar-refractivity contribution in [2.75, 3.05) is 6.54 Å². The predicted molar refractivity (Wildman–Crippen MR) is 54.8 cm³/mol. The summed E-state index contributed by atoms with van der Waals surface area (Å²) in [5.74, 6) is 2.09. The second-order valence-electron chi connectivity index (χ2n) is 3.73. The molecule has 1 rings (SSSR count). The highest BCUT2D eigenvalue weighted by molar-refractivity contribution is 4.86. The summed E-state index contributed by atoms with van der Waals surface area (Å²) >= 11 is 0. The summed E-state index contributed by atoms with van der Waals surface area (Å²) in [6.07, 6.45) is 3.81. The molecule has 1 unspecified atom stereocenters. The number of hydrogen-bond donors (Lipinski definition) is 1. The zero-order chi connectivity index (χ0) is 10.4. The van der Waals surface area contributed by atoms with Crippen molar-refractivity contribution in [3.05, 3.63) is 11.7 Å². The van der Waals surface area contributed by atoms with E-state index in [-0.39, 0.29) is 0 Å². The normalized spacial score (nSPS) is 13.1. The van der Waals surface area contributed by atoms with Gasteiger partial charge in [-0.2, -0.15) is 4.98 Å². The molecule has 1 aromatic rings. The number of nitrogens with zero attached hydrogens (tertiary/aromatic N) is 2. The molecule has 0 aliphatic rings. The third kappa shape index (κ3) is 3.46. The fraction of sp³-hybridized carbons (Fsp3) is 0.800. The maximum absolute atomic E-state index is 5.52. The molecule has 0 aromatic carbocycles. The zero-order valence-corrected chi connectivity index (χ0v) is 8.99. The van der Waals surface area contributed by atoms with Crippen LogP contribution in [0.5, 0.6) is 0 Å². The standard InChI is InChI=1S/C10H19N3O/c1-3-4-9-12-10(14-13-9)6-5-8(2)7-11/h8H,3-7,11H2,1-2H3. The van der Waals surface area contributed by atoms with Crippen LogP contribution in [-0.2, 0) is 12.8 Å². The van der Waals surface area contributed by atoms with Crippen LogP contribution in [0.15, 0.2) is 4.52 Å². The molecule has 0 radical (unpaired) electrons. The average molecular weight is 197 g/mol. The van der Waals surface area contributed by atoms with Gasteiger partial charge < -0.3 is 10.3 Å². The molecule has 4 heteroatoms. The highest BCUT2D eigenvalue weighted by atomic mass is 16.5. The number of aromatic nitrogens is 2. The molecule has 0 fully saturated rings. The topological polar surface area (TPSA) is 64.9 Å². The lowest BCUT2D eigenvalue weighted by Crippen LogP contribution is -2.11. The second-order valence-corrected chi connectivity index (χ2v) is 3.73. The predicted octanol–water partition coefficient (Wildman–Crippen LogP) is 1.55. The van der Waals surface area contributed by atoms with E-state index in [9.17, 15) is 0 Å². The Hall–Kier alpha value is -0.900. The first-order valence-corrected chi connectivity index (χ1v) is 5.27. The van der Waals surface area contributed by atoms with Gasteiger partial charge in [0.05, 0.1) is 0 Å². The van der Waals surface area contributed by atoms with E-state index in [1.54, 1.807) is 0 Å². The molecule has 1 heterocycles. The van der Waals surface area contributed by atoms with E-state index in [2.05, 4.69) is 24.0 Å². The van der Waals surface area contributed by atoms with Gasteiger partial charge in [0.15, 0.2) is 5.82 Å². The van der Waals surface area contributed by atoms with Crippen molar-refractivity contribution in [1.82, 2.24) is 10.1 Å². The third-order valence-corrected chi connectivity index (χ3v) is 2.24. The van der Waals surface area contributed by atoms with Gasteiger partial charge in [0.25, 0.3) is 0 Å². The molecule has 14 heavy (non-hydrogen) atoms. The Morgan fingerprint density at radius 3 is 2.86 bits per heavy atom. The van der Waals surface area contributed by atoms with E-state index >= 15 is 0 Å². The summed E-state index contributed by atoms with van der Waals surface area (Å²) in [7, 11) is 0. The third-order valence-electron chi connectivity index (χ3n) is 2.24. The van der Waals surface area contributed by atoms with Gasteiger partial charge in [0.1, 0.15) is 0 Å². The molecule has 0 saturated heterocycles. The van der Waals surface area contributed by atoms with E-state index < -0.39 is 0 Å². The highest BCUT2D eigenvalue weighted by Crippen LogP contribution is 2.07. The summed E-state index contributed by atoms with van der Waals surface area (Å²) in [4.78, 5) is 4.29. The first kappa shape index (κ1) is 11.2. The van der Waals surface area contributed by atoms with Crippen LogP contribution < -0.4 is 5.73 Å². The van der Waals surface area contributed by atoms with E-state index in [1.165, 1.54) is 0 Å². The average Bonchev–Trinajstić information content (AvgIpc) is 2.63. The van der Waals surface area contributed by atoms with Gasteiger partial charge >= 0.3 is 0 Å². The van der Waals surface area contributed by atoms with Gasteiger partial charge in [-0.05, 0) is 25.3 Å². The molecule has 80 valence electrons. The molecule has 0 amide bonds. The summed E-state index contributed by atoms with van der Waals surface area (Å²) < 4.78 is 5.11. The van der Waals surface area contributed by atoms with Crippen LogP contribution in [0.1, 0.15) is 38.4 Å². The summed E-state index contributed by atoms with van der Waals surface area (Å²) in [6.45, 7) is 4.95. The molecule has 0 aliphatic carbocycles. The van der Waals surface area contributed by atoms with Gasteiger partial charge in [0.2, 0.25) is 5.89 Å². The molecular weight excluding hydrogens is 178 g/mol. The van der Waals surface area contributed by atoms with E-state index in [1.807, 2.05) is 0 Å². The Morgan fingerprint density at radius 1 is 1.43 bits per heavy atom. The van der Waals surface area contributed by atoms with E-state index in [0.717, 1.165) is 43.9 Å². The molecule has 1 aromatic heterocycles. The fourth-order valence-electron chi connectivity index (χ4n) is 1.20. The highest BCUT2D eigenvalue weighted by Gasteiger charge is 2.07. The lowest BCUT2D eigenvalue weighted by atomic mass is 10.1. The van der Waals surface area contributed by atoms with Crippen molar-refractivity contribution < 1.29 is 4.52 Å². The molecule has 1 atom stereocenters. The van der Waals surface area contributed by atoms with Crippen molar-refractivity contribution in [2.24, 2.45) is 11.7 Å². The van der Waals surface area contributed by atoms with Gasteiger partial charge in [-0.25, -0.2) is 0 Å². The Balaban J connectivity index is 2.35. The summed E-state index contributed by atoms with van der Waals surface area (Å²) in [5, 5.41) is 3.89. The first-order chi connectivity index (χ1) is 6.76. The lowest BCUT2D eigenvalue weighted by Gasteiger charge is -2.03.